The Morgan fingerprint density at radius 3 is 2.53 bits per heavy atom. The maximum Gasteiger partial charge on any atom is 0.155 e. The van der Waals surface area contributed by atoms with Gasteiger partial charge in [-0.05, 0) is 59.0 Å². The molecule has 0 aliphatic heterocycles. The minimum atomic E-state index is 1.09. The molecule has 0 spiro atoms. The van der Waals surface area contributed by atoms with Gasteiger partial charge in [-0.15, -0.1) is 11.3 Å². The molecular weight excluding hydrogens is 361 g/mol. The van der Waals surface area contributed by atoms with Crippen molar-refractivity contribution in [3.05, 3.63) is 52.1 Å². The summed E-state index contributed by atoms with van der Waals surface area (Å²) < 4.78 is 3.61. The fourth-order valence-corrected chi connectivity index (χ4v) is 3.90. The fraction of sp³-hybridized carbons (Fsp3) is 0. The van der Waals surface area contributed by atoms with Crippen molar-refractivity contribution >= 4 is 55.9 Å². The SMILES string of the molecule is Ic1ccc(Sc2nc3ccccc3s2)cc1. The molecule has 84 valence electrons. The Bertz CT molecular complexity index is 613. The zero-order valence-electron chi connectivity index (χ0n) is 8.76. The largest absolute Gasteiger partial charge is 0.229 e. The molecule has 0 saturated heterocycles. The topological polar surface area (TPSA) is 12.9 Å². The van der Waals surface area contributed by atoms with Crippen LogP contribution in [0, 0.1) is 3.57 Å². The van der Waals surface area contributed by atoms with Gasteiger partial charge in [0.05, 0.1) is 10.2 Å². The summed E-state index contributed by atoms with van der Waals surface area (Å²) in [6.45, 7) is 0. The molecule has 2 aromatic carbocycles. The van der Waals surface area contributed by atoms with Gasteiger partial charge in [0.1, 0.15) is 0 Å². The lowest BCUT2D eigenvalue weighted by atomic mass is 10.3. The minimum absolute atomic E-state index is 1.09. The quantitative estimate of drug-likeness (QED) is 0.586. The summed E-state index contributed by atoms with van der Waals surface area (Å²) in [5, 5.41) is 0. The van der Waals surface area contributed by atoms with E-state index in [0.717, 1.165) is 9.86 Å². The van der Waals surface area contributed by atoms with Gasteiger partial charge in [-0.3, -0.25) is 0 Å². The van der Waals surface area contributed by atoms with E-state index in [1.54, 1.807) is 23.1 Å². The van der Waals surface area contributed by atoms with Gasteiger partial charge >= 0.3 is 0 Å². The number of nitrogens with zero attached hydrogens (tertiary/aromatic N) is 1. The second-order valence-corrected chi connectivity index (χ2v) is 7.10. The Kier molecular flexibility index (Phi) is 3.35. The van der Waals surface area contributed by atoms with Crippen LogP contribution in [-0.4, -0.2) is 4.98 Å². The second-order valence-electron chi connectivity index (χ2n) is 3.50. The van der Waals surface area contributed by atoms with Crippen molar-refractivity contribution in [3.8, 4) is 0 Å². The number of para-hydroxylation sites is 1. The Morgan fingerprint density at radius 1 is 1.00 bits per heavy atom. The Labute approximate surface area is 121 Å². The molecule has 0 radical (unpaired) electrons. The summed E-state index contributed by atoms with van der Waals surface area (Å²) in [6.07, 6.45) is 0. The first kappa shape index (κ1) is 11.5. The van der Waals surface area contributed by atoms with Crippen molar-refractivity contribution in [1.82, 2.24) is 4.98 Å². The van der Waals surface area contributed by atoms with Crippen molar-refractivity contribution in [2.24, 2.45) is 0 Å². The molecule has 17 heavy (non-hydrogen) atoms. The van der Waals surface area contributed by atoms with Gasteiger partial charge in [-0.25, -0.2) is 4.98 Å². The van der Waals surface area contributed by atoms with Crippen molar-refractivity contribution in [3.63, 3.8) is 0 Å². The number of hydrogen-bond donors (Lipinski definition) is 0. The van der Waals surface area contributed by atoms with Gasteiger partial charge in [0.15, 0.2) is 4.34 Å². The molecule has 3 aromatic rings. The van der Waals surface area contributed by atoms with E-state index < -0.39 is 0 Å². The van der Waals surface area contributed by atoms with Crippen LogP contribution in [-0.2, 0) is 0 Å². The zero-order chi connectivity index (χ0) is 11.7. The van der Waals surface area contributed by atoms with E-state index in [1.165, 1.54) is 13.2 Å². The number of halogens is 1. The third kappa shape index (κ3) is 2.64. The maximum absolute atomic E-state index is 4.61. The van der Waals surface area contributed by atoms with Gasteiger partial charge in [-0.1, -0.05) is 23.9 Å². The van der Waals surface area contributed by atoms with Crippen LogP contribution in [0.5, 0.6) is 0 Å². The van der Waals surface area contributed by atoms with Crippen molar-refractivity contribution in [2.75, 3.05) is 0 Å². The third-order valence-electron chi connectivity index (χ3n) is 2.29. The normalized spacial score (nSPS) is 10.9. The molecule has 3 rings (SSSR count). The summed E-state index contributed by atoms with van der Waals surface area (Å²) >= 11 is 5.79. The molecule has 0 aliphatic carbocycles. The van der Waals surface area contributed by atoms with E-state index in [9.17, 15) is 0 Å². The lowest BCUT2D eigenvalue weighted by Gasteiger charge is -1.96. The van der Waals surface area contributed by atoms with Crippen LogP contribution in [0.25, 0.3) is 10.2 Å². The van der Waals surface area contributed by atoms with Crippen LogP contribution in [0.4, 0.5) is 0 Å². The molecule has 0 unspecified atom stereocenters. The molecule has 0 bridgehead atoms. The van der Waals surface area contributed by atoms with E-state index in [2.05, 4.69) is 70.0 Å². The number of thiazole rings is 1. The van der Waals surface area contributed by atoms with Crippen LogP contribution in [0.1, 0.15) is 0 Å². The van der Waals surface area contributed by atoms with Gasteiger partial charge in [0.2, 0.25) is 0 Å². The molecule has 0 saturated carbocycles. The zero-order valence-corrected chi connectivity index (χ0v) is 12.6. The minimum Gasteiger partial charge on any atom is -0.229 e. The number of benzene rings is 2. The summed E-state index contributed by atoms with van der Waals surface area (Å²) in [5.41, 5.74) is 1.09. The van der Waals surface area contributed by atoms with Gasteiger partial charge in [0, 0.05) is 8.47 Å². The summed E-state index contributed by atoms with van der Waals surface area (Å²) in [6, 6.07) is 16.8. The Hall–Kier alpha value is -0.590. The number of fused-ring (bicyclic) bond motifs is 1. The first-order valence-corrected chi connectivity index (χ1v) is 7.81. The molecular formula is C13H8INS2. The van der Waals surface area contributed by atoms with Crippen LogP contribution < -0.4 is 0 Å². The van der Waals surface area contributed by atoms with E-state index in [-0.39, 0.29) is 0 Å². The number of hydrogen-bond acceptors (Lipinski definition) is 3. The van der Waals surface area contributed by atoms with Crippen LogP contribution in [0.15, 0.2) is 57.8 Å². The molecule has 1 heterocycles. The highest BCUT2D eigenvalue weighted by Gasteiger charge is 2.04. The molecule has 0 N–H and O–H groups in total. The molecule has 0 fully saturated rings. The maximum atomic E-state index is 4.61. The average molecular weight is 369 g/mol. The smallest absolute Gasteiger partial charge is 0.155 e. The van der Waals surface area contributed by atoms with Gasteiger partial charge in [-0.2, -0.15) is 0 Å². The first-order valence-electron chi connectivity index (χ1n) is 5.10. The summed E-state index contributed by atoms with van der Waals surface area (Å²) in [4.78, 5) is 5.85. The molecule has 0 amide bonds. The lowest BCUT2D eigenvalue weighted by molar-refractivity contribution is 1.29. The van der Waals surface area contributed by atoms with E-state index >= 15 is 0 Å². The standard InChI is InChI=1S/C13H8INS2/c14-9-5-7-10(8-6-9)16-13-15-11-3-1-2-4-12(11)17-13/h1-8H. The number of aromatic nitrogens is 1. The third-order valence-corrected chi connectivity index (χ3v) is 5.12. The van der Waals surface area contributed by atoms with Crippen LogP contribution >= 0.6 is 45.7 Å². The van der Waals surface area contributed by atoms with E-state index in [4.69, 9.17) is 0 Å². The highest BCUT2D eigenvalue weighted by atomic mass is 127. The average Bonchev–Trinajstić information content (AvgIpc) is 2.74. The predicted octanol–water partition coefficient (Wildman–Crippen LogP) is 5.05. The summed E-state index contributed by atoms with van der Waals surface area (Å²) in [5.74, 6) is 0. The Morgan fingerprint density at radius 2 is 1.76 bits per heavy atom. The van der Waals surface area contributed by atoms with Crippen molar-refractivity contribution in [2.45, 2.75) is 9.24 Å². The van der Waals surface area contributed by atoms with Gasteiger partial charge < -0.3 is 0 Å². The molecule has 1 aromatic heterocycles. The van der Waals surface area contributed by atoms with Gasteiger partial charge in [0.25, 0.3) is 0 Å². The number of rotatable bonds is 2. The molecule has 4 heteroatoms. The summed E-state index contributed by atoms with van der Waals surface area (Å²) in [7, 11) is 0. The fourth-order valence-electron chi connectivity index (χ4n) is 1.50. The molecule has 0 atom stereocenters. The van der Waals surface area contributed by atoms with Crippen molar-refractivity contribution < 1.29 is 0 Å². The lowest BCUT2D eigenvalue weighted by Crippen LogP contribution is -1.73. The van der Waals surface area contributed by atoms with Crippen LogP contribution in [0.3, 0.4) is 0 Å². The van der Waals surface area contributed by atoms with E-state index in [0.29, 0.717) is 0 Å². The molecule has 0 aliphatic rings. The van der Waals surface area contributed by atoms with E-state index in [1.807, 2.05) is 6.07 Å². The Balaban J connectivity index is 1.92. The highest BCUT2D eigenvalue weighted by molar-refractivity contribution is 14.1. The monoisotopic (exact) mass is 369 g/mol. The highest BCUT2D eigenvalue weighted by Crippen LogP contribution is 2.34. The first-order chi connectivity index (χ1) is 8.31. The second kappa shape index (κ2) is 4.96. The van der Waals surface area contributed by atoms with Crippen LogP contribution in [0.2, 0.25) is 0 Å². The molecule has 1 nitrogen and oxygen atoms in total. The predicted molar refractivity (Wildman–Crippen MR) is 82.9 cm³/mol. The van der Waals surface area contributed by atoms with Crippen molar-refractivity contribution in [1.29, 1.82) is 0 Å².